The molecule has 144 valence electrons. The largest absolute Gasteiger partial charge is 0.480 e. The van der Waals surface area contributed by atoms with Gasteiger partial charge in [-0.1, -0.05) is 17.3 Å². The van der Waals surface area contributed by atoms with E-state index in [2.05, 4.69) is 10.3 Å². The maximum absolute atomic E-state index is 13.0. The summed E-state index contributed by atoms with van der Waals surface area (Å²) < 4.78 is 31.4. The Labute approximate surface area is 162 Å². The molecule has 29 heavy (non-hydrogen) atoms. The van der Waals surface area contributed by atoms with E-state index in [1.807, 2.05) is 12.1 Å². The van der Waals surface area contributed by atoms with Crippen LogP contribution in [-0.4, -0.2) is 15.0 Å². The van der Waals surface area contributed by atoms with Crippen LogP contribution >= 0.6 is 0 Å². The fraction of sp³-hybridized carbons (Fsp3) is 0.0952. The molecule has 0 amide bonds. The Morgan fingerprint density at radius 1 is 1.03 bits per heavy atom. The van der Waals surface area contributed by atoms with Crippen LogP contribution < -0.4 is 10.4 Å². The maximum atomic E-state index is 13.0. The van der Waals surface area contributed by atoms with Crippen molar-refractivity contribution in [3.63, 3.8) is 0 Å². The monoisotopic (exact) mass is 391 g/mol. The van der Waals surface area contributed by atoms with Crippen LogP contribution in [0.2, 0.25) is 0 Å². The molecule has 7 nitrogen and oxygen atoms in total. The van der Waals surface area contributed by atoms with Crippen molar-refractivity contribution in [2.45, 2.75) is 13.2 Å². The van der Waals surface area contributed by atoms with Gasteiger partial charge >= 0.3 is 5.63 Å². The lowest BCUT2D eigenvalue weighted by Gasteiger charge is -2.07. The number of hydrogen-bond donors (Lipinski definition) is 0. The third-order valence-corrected chi connectivity index (χ3v) is 4.49. The van der Waals surface area contributed by atoms with Gasteiger partial charge in [-0.25, -0.2) is 13.9 Å². The van der Waals surface area contributed by atoms with E-state index in [1.165, 1.54) is 18.2 Å². The SMILES string of the molecule is O=c1ccc2cc3ccoc3c(OCc3cn(Cc4ccc(F)cc4)nn3)c2o1. The summed E-state index contributed by atoms with van der Waals surface area (Å²) >= 11 is 0. The van der Waals surface area contributed by atoms with Crippen molar-refractivity contribution in [3.05, 3.63) is 88.5 Å². The van der Waals surface area contributed by atoms with Gasteiger partial charge < -0.3 is 13.6 Å². The Morgan fingerprint density at radius 2 is 1.86 bits per heavy atom. The molecule has 5 aromatic rings. The smallest absolute Gasteiger partial charge is 0.336 e. The van der Waals surface area contributed by atoms with Gasteiger partial charge in [0.1, 0.15) is 18.1 Å². The number of halogens is 1. The Hall–Kier alpha value is -3.94. The maximum Gasteiger partial charge on any atom is 0.336 e. The molecular weight excluding hydrogens is 377 g/mol. The van der Waals surface area contributed by atoms with Crippen molar-refractivity contribution in [3.8, 4) is 5.75 Å². The molecule has 0 saturated carbocycles. The lowest BCUT2D eigenvalue weighted by Crippen LogP contribution is -2.01. The van der Waals surface area contributed by atoms with E-state index in [1.54, 1.807) is 35.3 Å². The van der Waals surface area contributed by atoms with Crippen LogP contribution in [0, 0.1) is 5.82 Å². The molecule has 0 aliphatic heterocycles. The van der Waals surface area contributed by atoms with E-state index in [4.69, 9.17) is 13.6 Å². The van der Waals surface area contributed by atoms with Crippen molar-refractivity contribution >= 4 is 21.9 Å². The number of rotatable bonds is 5. The average molecular weight is 391 g/mol. The van der Waals surface area contributed by atoms with Crippen molar-refractivity contribution < 1.29 is 18.0 Å². The molecule has 0 N–H and O–H groups in total. The van der Waals surface area contributed by atoms with Crippen LogP contribution in [-0.2, 0) is 13.2 Å². The van der Waals surface area contributed by atoms with Crippen LogP contribution in [0.4, 0.5) is 4.39 Å². The third kappa shape index (κ3) is 3.36. The van der Waals surface area contributed by atoms with Gasteiger partial charge in [-0.2, -0.15) is 0 Å². The molecule has 3 aromatic heterocycles. The van der Waals surface area contributed by atoms with Crippen molar-refractivity contribution in [2.24, 2.45) is 0 Å². The molecule has 0 bridgehead atoms. The number of benzene rings is 2. The van der Waals surface area contributed by atoms with Gasteiger partial charge in [0.2, 0.25) is 5.75 Å². The zero-order chi connectivity index (χ0) is 19.8. The van der Waals surface area contributed by atoms with Crippen molar-refractivity contribution in [1.82, 2.24) is 15.0 Å². The quantitative estimate of drug-likeness (QED) is 0.423. The first-order valence-corrected chi connectivity index (χ1v) is 8.86. The van der Waals surface area contributed by atoms with Crippen LogP contribution in [0.1, 0.15) is 11.3 Å². The third-order valence-electron chi connectivity index (χ3n) is 4.49. The summed E-state index contributed by atoms with van der Waals surface area (Å²) in [6.45, 7) is 0.565. The Morgan fingerprint density at radius 3 is 2.72 bits per heavy atom. The van der Waals surface area contributed by atoms with Crippen LogP contribution in [0.3, 0.4) is 0 Å². The predicted octanol–water partition coefficient (Wildman–Crippen LogP) is 3.90. The lowest BCUT2D eigenvalue weighted by molar-refractivity contribution is 0.298. The standard InChI is InChI=1S/C21H14FN3O4/c22-16-4-1-13(2-5-16)10-25-11-17(23-24-25)12-28-21-19-15(7-8-27-19)9-14-3-6-18(26)29-20(14)21/h1-9,11H,10,12H2. The summed E-state index contributed by atoms with van der Waals surface area (Å²) in [6, 6.07) is 12.9. The van der Waals surface area contributed by atoms with E-state index >= 15 is 0 Å². The van der Waals surface area contributed by atoms with Gasteiger partial charge in [0.25, 0.3) is 0 Å². The average Bonchev–Trinajstić information content (AvgIpc) is 3.36. The number of nitrogens with zero attached hydrogens (tertiary/aromatic N) is 3. The summed E-state index contributed by atoms with van der Waals surface area (Å²) in [5.41, 5.74) is 1.82. The number of furan rings is 1. The summed E-state index contributed by atoms with van der Waals surface area (Å²) in [4.78, 5) is 11.7. The first kappa shape index (κ1) is 17.2. The normalized spacial score (nSPS) is 11.3. The van der Waals surface area contributed by atoms with Gasteiger partial charge in [0.05, 0.1) is 19.0 Å². The molecule has 5 rings (SSSR count). The Kier molecular flexibility index (Phi) is 4.09. The minimum Gasteiger partial charge on any atom is -0.480 e. The first-order valence-electron chi connectivity index (χ1n) is 8.86. The van der Waals surface area contributed by atoms with Crippen molar-refractivity contribution in [1.29, 1.82) is 0 Å². The molecule has 0 fully saturated rings. The second-order valence-corrected chi connectivity index (χ2v) is 6.54. The Balaban J connectivity index is 1.41. The zero-order valence-corrected chi connectivity index (χ0v) is 15.0. The molecule has 3 heterocycles. The highest BCUT2D eigenvalue weighted by Crippen LogP contribution is 2.35. The summed E-state index contributed by atoms with van der Waals surface area (Å²) in [6.07, 6.45) is 3.29. The highest BCUT2D eigenvalue weighted by atomic mass is 19.1. The molecule has 0 radical (unpaired) electrons. The highest BCUT2D eigenvalue weighted by Gasteiger charge is 2.15. The summed E-state index contributed by atoms with van der Waals surface area (Å²) in [5.74, 6) is 0.0562. The fourth-order valence-corrected chi connectivity index (χ4v) is 3.14. The van der Waals surface area contributed by atoms with E-state index in [0.29, 0.717) is 29.2 Å². The molecule has 0 aliphatic carbocycles. The molecule has 8 heteroatoms. The van der Waals surface area contributed by atoms with E-state index < -0.39 is 5.63 Å². The molecule has 0 aliphatic rings. The number of aromatic nitrogens is 3. The van der Waals surface area contributed by atoms with Gasteiger partial charge in [-0.05, 0) is 35.9 Å². The summed E-state index contributed by atoms with van der Waals surface area (Å²) in [7, 11) is 0. The van der Waals surface area contributed by atoms with Crippen molar-refractivity contribution in [2.75, 3.05) is 0 Å². The molecule has 0 saturated heterocycles. The first-order chi connectivity index (χ1) is 14.2. The van der Waals surface area contributed by atoms with E-state index in [-0.39, 0.29) is 12.4 Å². The highest BCUT2D eigenvalue weighted by molar-refractivity contribution is 5.99. The summed E-state index contributed by atoms with van der Waals surface area (Å²) in [5, 5.41) is 9.74. The van der Waals surface area contributed by atoms with E-state index in [9.17, 15) is 9.18 Å². The van der Waals surface area contributed by atoms with Gasteiger partial charge in [0, 0.05) is 16.8 Å². The minimum absolute atomic E-state index is 0.108. The van der Waals surface area contributed by atoms with Crippen LogP contribution in [0.15, 0.2) is 74.6 Å². The number of hydrogen-bond acceptors (Lipinski definition) is 6. The topological polar surface area (TPSA) is 83.3 Å². The van der Waals surface area contributed by atoms with Crippen LogP contribution in [0.5, 0.6) is 5.75 Å². The minimum atomic E-state index is -0.474. The molecule has 0 unspecified atom stereocenters. The second-order valence-electron chi connectivity index (χ2n) is 6.54. The van der Waals surface area contributed by atoms with Gasteiger partial charge in [-0.15, -0.1) is 5.10 Å². The lowest BCUT2D eigenvalue weighted by atomic mass is 10.1. The van der Waals surface area contributed by atoms with E-state index in [0.717, 1.165) is 16.3 Å². The second kappa shape index (κ2) is 6.90. The molecule has 0 atom stereocenters. The fourth-order valence-electron chi connectivity index (χ4n) is 3.14. The number of fused-ring (bicyclic) bond motifs is 2. The zero-order valence-electron chi connectivity index (χ0n) is 15.0. The molecule has 0 spiro atoms. The predicted molar refractivity (Wildman–Crippen MR) is 102 cm³/mol. The molecular formula is C21H14FN3O4. The van der Waals surface area contributed by atoms with Gasteiger partial charge in [0.15, 0.2) is 11.2 Å². The van der Waals surface area contributed by atoms with Crippen LogP contribution in [0.25, 0.3) is 21.9 Å². The molecule has 2 aromatic carbocycles. The van der Waals surface area contributed by atoms with Gasteiger partial charge in [-0.3, -0.25) is 0 Å². The Bertz CT molecular complexity index is 1370. The number of ether oxygens (including phenoxy) is 1.